The van der Waals surface area contributed by atoms with Crippen molar-refractivity contribution in [2.75, 3.05) is 20.3 Å². The van der Waals surface area contributed by atoms with Crippen LogP contribution >= 0.6 is 0 Å². The minimum absolute atomic E-state index is 0.110. The highest BCUT2D eigenvalue weighted by atomic mass is 28.4. The van der Waals surface area contributed by atoms with E-state index in [1.165, 1.54) is 0 Å². The molecule has 5 heteroatoms. The highest BCUT2D eigenvalue weighted by Crippen LogP contribution is 2.36. The summed E-state index contributed by atoms with van der Waals surface area (Å²) in [6.45, 7) is 14.9. The van der Waals surface area contributed by atoms with Gasteiger partial charge in [0.05, 0.1) is 19.8 Å². The number of aliphatic hydroxyl groups excluding tert-OH is 1. The van der Waals surface area contributed by atoms with Crippen molar-refractivity contribution < 1.29 is 19.0 Å². The van der Waals surface area contributed by atoms with Gasteiger partial charge < -0.3 is 19.0 Å². The zero-order valence-corrected chi connectivity index (χ0v) is 18.0. The molecule has 0 amide bonds. The number of methoxy groups -OCH3 is 1. The molecular formula is C20H36O4Si. The van der Waals surface area contributed by atoms with Gasteiger partial charge in [-0.15, -0.1) is 0 Å². The average Bonchev–Trinajstić information content (AvgIpc) is 2.55. The van der Waals surface area contributed by atoms with Crippen LogP contribution < -0.4 is 4.74 Å². The van der Waals surface area contributed by atoms with Gasteiger partial charge in [-0.1, -0.05) is 39.8 Å². The standard InChI is InChI=1S/C20H36O4Si/c1-16(14-24-25(6,7)20(2,3)4)19(21)12-13-23-15-17-8-10-18(22-5)11-9-17/h8-11,16,19,21H,12-15H2,1-7H3/t16-,19-/m1/s1. The zero-order valence-electron chi connectivity index (χ0n) is 17.0. The fourth-order valence-corrected chi connectivity index (χ4v) is 3.18. The van der Waals surface area contributed by atoms with Crippen molar-refractivity contribution in [3.63, 3.8) is 0 Å². The average molecular weight is 369 g/mol. The molecule has 0 bridgehead atoms. The van der Waals surface area contributed by atoms with Crippen molar-refractivity contribution in [2.45, 2.75) is 65.0 Å². The van der Waals surface area contributed by atoms with E-state index in [0.29, 0.717) is 26.2 Å². The number of hydrogen-bond donors (Lipinski definition) is 1. The Bertz CT molecular complexity index is 493. The van der Waals surface area contributed by atoms with Crippen molar-refractivity contribution in [2.24, 2.45) is 5.92 Å². The molecule has 0 saturated heterocycles. The Morgan fingerprint density at radius 1 is 1.12 bits per heavy atom. The summed E-state index contributed by atoms with van der Waals surface area (Å²) in [7, 11) is -0.101. The summed E-state index contributed by atoms with van der Waals surface area (Å²) >= 11 is 0. The predicted molar refractivity (Wildman–Crippen MR) is 106 cm³/mol. The van der Waals surface area contributed by atoms with Crippen LogP contribution in [-0.2, 0) is 15.8 Å². The van der Waals surface area contributed by atoms with Crippen LogP contribution in [0.3, 0.4) is 0 Å². The summed E-state index contributed by atoms with van der Waals surface area (Å²) < 4.78 is 17.0. The van der Waals surface area contributed by atoms with Gasteiger partial charge in [0.2, 0.25) is 0 Å². The Balaban J connectivity index is 2.27. The number of benzene rings is 1. The first-order valence-electron chi connectivity index (χ1n) is 9.09. The van der Waals surface area contributed by atoms with E-state index in [0.717, 1.165) is 11.3 Å². The maximum Gasteiger partial charge on any atom is 0.191 e. The third kappa shape index (κ3) is 7.48. The molecule has 4 nitrogen and oxygen atoms in total. The molecule has 0 aliphatic heterocycles. The van der Waals surface area contributed by atoms with Crippen molar-refractivity contribution >= 4 is 8.32 Å². The van der Waals surface area contributed by atoms with Crippen LogP contribution in [0.5, 0.6) is 5.75 Å². The summed E-state index contributed by atoms with van der Waals surface area (Å²) in [5.74, 6) is 0.952. The molecule has 0 fully saturated rings. The van der Waals surface area contributed by atoms with Gasteiger partial charge >= 0.3 is 0 Å². The maximum absolute atomic E-state index is 10.3. The maximum atomic E-state index is 10.3. The van der Waals surface area contributed by atoms with Gasteiger partial charge in [-0.2, -0.15) is 0 Å². The van der Waals surface area contributed by atoms with E-state index in [2.05, 4.69) is 33.9 Å². The molecule has 0 aliphatic rings. The summed E-state index contributed by atoms with van der Waals surface area (Å²) in [5, 5.41) is 10.5. The van der Waals surface area contributed by atoms with Crippen LogP contribution in [0.25, 0.3) is 0 Å². The molecule has 0 saturated carbocycles. The highest BCUT2D eigenvalue weighted by Gasteiger charge is 2.37. The summed E-state index contributed by atoms with van der Waals surface area (Å²) in [4.78, 5) is 0. The van der Waals surface area contributed by atoms with Gasteiger partial charge in [-0.05, 0) is 42.2 Å². The van der Waals surface area contributed by atoms with Gasteiger partial charge in [0, 0.05) is 19.1 Å². The van der Waals surface area contributed by atoms with E-state index in [9.17, 15) is 5.11 Å². The van der Waals surface area contributed by atoms with E-state index in [1.54, 1.807) is 7.11 Å². The minimum Gasteiger partial charge on any atom is -0.497 e. The topological polar surface area (TPSA) is 47.9 Å². The van der Waals surface area contributed by atoms with E-state index >= 15 is 0 Å². The van der Waals surface area contributed by atoms with Crippen LogP contribution in [-0.4, -0.2) is 39.9 Å². The van der Waals surface area contributed by atoms with Crippen molar-refractivity contribution in [1.29, 1.82) is 0 Å². The summed E-state index contributed by atoms with van der Waals surface area (Å²) in [6, 6.07) is 7.83. The second kappa shape index (κ2) is 9.71. The highest BCUT2D eigenvalue weighted by molar-refractivity contribution is 6.74. The van der Waals surface area contributed by atoms with Gasteiger partial charge in [-0.25, -0.2) is 0 Å². The van der Waals surface area contributed by atoms with Crippen molar-refractivity contribution in [3.8, 4) is 5.75 Å². The summed E-state index contributed by atoms with van der Waals surface area (Å²) in [6.07, 6.45) is 0.221. The number of ether oxygens (including phenoxy) is 2. The lowest BCUT2D eigenvalue weighted by atomic mass is 10.0. The Morgan fingerprint density at radius 3 is 2.24 bits per heavy atom. The molecule has 0 aliphatic carbocycles. The Morgan fingerprint density at radius 2 is 1.72 bits per heavy atom. The molecule has 144 valence electrons. The van der Waals surface area contributed by atoms with Crippen LogP contribution in [0.15, 0.2) is 24.3 Å². The first-order chi connectivity index (χ1) is 11.6. The Labute approximate surface area is 154 Å². The van der Waals surface area contributed by atoms with E-state index in [-0.39, 0.29) is 11.0 Å². The first kappa shape index (κ1) is 22.2. The minimum atomic E-state index is -1.76. The lowest BCUT2D eigenvalue weighted by Crippen LogP contribution is -2.42. The molecule has 0 aromatic heterocycles. The monoisotopic (exact) mass is 368 g/mol. The lowest BCUT2D eigenvalue weighted by Gasteiger charge is -2.37. The first-order valence-corrected chi connectivity index (χ1v) is 12.0. The van der Waals surface area contributed by atoms with E-state index in [1.807, 2.05) is 31.2 Å². The molecule has 0 heterocycles. The van der Waals surface area contributed by atoms with Gasteiger partial charge in [0.25, 0.3) is 0 Å². The summed E-state index contributed by atoms with van der Waals surface area (Å²) in [5.41, 5.74) is 1.10. The molecule has 1 aromatic carbocycles. The SMILES string of the molecule is COc1ccc(COCC[C@@H](O)[C@H](C)CO[Si](C)(C)C(C)(C)C)cc1. The molecule has 0 unspecified atom stereocenters. The molecule has 0 spiro atoms. The van der Waals surface area contributed by atoms with Crippen molar-refractivity contribution in [3.05, 3.63) is 29.8 Å². The number of hydrogen-bond acceptors (Lipinski definition) is 4. The Kier molecular flexibility index (Phi) is 8.61. The number of rotatable bonds is 10. The Hall–Kier alpha value is -0.883. The molecular weight excluding hydrogens is 332 g/mol. The number of aliphatic hydroxyl groups is 1. The second-order valence-electron chi connectivity index (χ2n) is 8.31. The van der Waals surface area contributed by atoms with Gasteiger partial charge in [0.15, 0.2) is 8.32 Å². The second-order valence-corrected chi connectivity index (χ2v) is 13.1. The molecule has 0 radical (unpaired) electrons. The zero-order chi connectivity index (χ0) is 19.1. The fourth-order valence-electron chi connectivity index (χ4n) is 2.07. The third-order valence-electron chi connectivity index (χ3n) is 5.16. The third-order valence-corrected chi connectivity index (χ3v) is 9.66. The van der Waals surface area contributed by atoms with Crippen LogP contribution in [0, 0.1) is 5.92 Å². The van der Waals surface area contributed by atoms with Gasteiger partial charge in [-0.3, -0.25) is 0 Å². The quantitative estimate of drug-likeness (QED) is 0.483. The molecule has 1 rings (SSSR count). The van der Waals surface area contributed by atoms with Crippen LogP contribution in [0.2, 0.25) is 18.1 Å². The lowest BCUT2D eigenvalue weighted by molar-refractivity contribution is 0.0341. The van der Waals surface area contributed by atoms with Crippen molar-refractivity contribution in [1.82, 2.24) is 0 Å². The van der Waals surface area contributed by atoms with E-state index in [4.69, 9.17) is 13.9 Å². The fraction of sp³-hybridized carbons (Fsp3) is 0.700. The molecule has 2 atom stereocenters. The smallest absolute Gasteiger partial charge is 0.191 e. The van der Waals surface area contributed by atoms with E-state index < -0.39 is 14.4 Å². The molecule has 1 aromatic rings. The molecule has 1 N–H and O–H groups in total. The van der Waals surface area contributed by atoms with Gasteiger partial charge in [0.1, 0.15) is 5.75 Å². The normalized spacial score (nSPS) is 15.0. The van der Waals surface area contributed by atoms with Crippen LogP contribution in [0.1, 0.15) is 39.7 Å². The van der Waals surface area contributed by atoms with Crippen LogP contribution in [0.4, 0.5) is 0 Å². The predicted octanol–water partition coefficient (Wildman–Crippen LogP) is 4.62. The largest absolute Gasteiger partial charge is 0.497 e. The molecule has 25 heavy (non-hydrogen) atoms.